The van der Waals surface area contributed by atoms with Crippen molar-refractivity contribution in [3.8, 4) is 0 Å². The Labute approximate surface area is 183 Å². The van der Waals surface area contributed by atoms with E-state index in [0.717, 1.165) is 54.3 Å². The standard InChI is InChI=1S/C25H24F4N2O/c1-15(24(32)31-20-4-2-3-18(13-20)25(27,28)29)16-5-7-17(8-6-16)21-11-12-30-23-10-9-19(26)14-22(21)23/h2-4,9-17H,5-8H2,1H3,(H,31,32). The number of carbonyl (C=O) groups is 1. The summed E-state index contributed by atoms with van der Waals surface area (Å²) in [5.41, 5.74) is 1.20. The maximum absolute atomic E-state index is 13.8. The molecule has 0 spiro atoms. The monoisotopic (exact) mass is 444 g/mol. The number of hydrogen-bond donors (Lipinski definition) is 1. The van der Waals surface area contributed by atoms with E-state index >= 15 is 0 Å². The number of benzene rings is 2. The molecule has 1 aliphatic carbocycles. The van der Waals surface area contributed by atoms with Gasteiger partial charge in [-0.25, -0.2) is 4.39 Å². The van der Waals surface area contributed by atoms with Gasteiger partial charge in [0.15, 0.2) is 0 Å². The Kier molecular flexibility index (Phi) is 6.17. The molecule has 3 nitrogen and oxygen atoms in total. The van der Waals surface area contributed by atoms with Crippen molar-refractivity contribution in [2.75, 3.05) is 5.32 Å². The largest absolute Gasteiger partial charge is 0.416 e. The molecule has 1 aliphatic rings. The van der Waals surface area contributed by atoms with Crippen molar-refractivity contribution in [1.29, 1.82) is 0 Å². The quantitative estimate of drug-likeness (QED) is 0.443. The van der Waals surface area contributed by atoms with Crippen molar-refractivity contribution in [2.24, 2.45) is 11.8 Å². The number of aromatic nitrogens is 1. The molecule has 1 aromatic heterocycles. The molecule has 7 heteroatoms. The van der Waals surface area contributed by atoms with Gasteiger partial charge in [-0.05, 0) is 85.5 Å². The van der Waals surface area contributed by atoms with Crippen molar-refractivity contribution >= 4 is 22.5 Å². The van der Waals surface area contributed by atoms with E-state index < -0.39 is 11.7 Å². The van der Waals surface area contributed by atoms with Gasteiger partial charge in [0.25, 0.3) is 0 Å². The maximum atomic E-state index is 13.8. The highest BCUT2D eigenvalue weighted by atomic mass is 19.4. The van der Waals surface area contributed by atoms with E-state index in [4.69, 9.17) is 0 Å². The highest BCUT2D eigenvalue weighted by Gasteiger charge is 2.32. The average Bonchev–Trinajstić information content (AvgIpc) is 2.78. The predicted octanol–water partition coefficient (Wildman–Crippen LogP) is 6.94. The number of fused-ring (bicyclic) bond motifs is 1. The molecule has 1 N–H and O–H groups in total. The minimum atomic E-state index is -4.45. The maximum Gasteiger partial charge on any atom is 0.416 e. The third kappa shape index (κ3) is 4.76. The van der Waals surface area contributed by atoms with Gasteiger partial charge in [0, 0.05) is 23.2 Å². The van der Waals surface area contributed by atoms with Gasteiger partial charge in [-0.15, -0.1) is 0 Å². The summed E-state index contributed by atoms with van der Waals surface area (Å²) in [6.07, 6.45) is 0.655. The molecule has 1 saturated carbocycles. The normalized spacial score (nSPS) is 20.2. The zero-order valence-electron chi connectivity index (χ0n) is 17.6. The Balaban J connectivity index is 1.40. The first-order valence-electron chi connectivity index (χ1n) is 10.7. The molecule has 1 fully saturated rings. The summed E-state index contributed by atoms with van der Waals surface area (Å²) in [7, 11) is 0. The number of carbonyl (C=O) groups excluding carboxylic acids is 1. The molecule has 1 unspecified atom stereocenters. The first-order valence-corrected chi connectivity index (χ1v) is 10.7. The summed E-state index contributed by atoms with van der Waals surface area (Å²) in [5.74, 6) is -0.485. The Hall–Kier alpha value is -2.96. The van der Waals surface area contributed by atoms with Crippen LogP contribution in [0, 0.1) is 17.7 Å². The van der Waals surface area contributed by atoms with Gasteiger partial charge >= 0.3 is 6.18 Å². The number of alkyl halides is 3. The first kappa shape index (κ1) is 22.2. The van der Waals surface area contributed by atoms with Crippen LogP contribution in [0.3, 0.4) is 0 Å². The molecular weight excluding hydrogens is 420 g/mol. The molecule has 0 radical (unpaired) electrons. The lowest BCUT2D eigenvalue weighted by molar-refractivity contribution is -0.137. The topological polar surface area (TPSA) is 42.0 Å². The summed E-state index contributed by atoms with van der Waals surface area (Å²) in [6.45, 7) is 1.82. The summed E-state index contributed by atoms with van der Waals surface area (Å²) in [4.78, 5) is 17.0. The van der Waals surface area contributed by atoms with E-state index in [0.29, 0.717) is 0 Å². The van der Waals surface area contributed by atoms with Crippen LogP contribution < -0.4 is 5.32 Å². The fourth-order valence-electron chi connectivity index (χ4n) is 4.67. The number of nitrogens with zero attached hydrogens (tertiary/aromatic N) is 1. The molecule has 3 aromatic rings. The van der Waals surface area contributed by atoms with Gasteiger partial charge in [0.05, 0.1) is 11.1 Å². The zero-order valence-corrected chi connectivity index (χ0v) is 17.6. The number of pyridine rings is 1. The lowest BCUT2D eigenvalue weighted by Crippen LogP contribution is -2.29. The van der Waals surface area contributed by atoms with Gasteiger partial charge < -0.3 is 5.32 Å². The van der Waals surface area contributed by atoms with Crippen molar-refractivity contribution in [1.82, 2.24) is 4.98 Å². The second-order valence-corrected chi connectivity index (χ2v) is 8.53. The molecule has 1 amide bonds. The second kappa shape index (κ2) is 8.88. The molecule has 168 valence electrons. The smallest absolute Gasteiger partial charge is 0.326 e. The highest BCUT2D eigenvalue weighted by molar-refractivity contribution is 5.92. The zero-order chi connectivity index (χ0) is 22.9. The fraction of sp³-hybridized carbons (Fsp3) is 0.360. The molecule has 2 aromatic carbocycles. The van der Waals surface area contributed by atoms with E-state index in [1.54, 1.807) is 12.3 Å². The van der Waals surface area contributed by atoms with Crippen LogP contribution in [0.25, 0.3) is 10.9 Å². The van der Waals surface area contributed by atoms with Gasteiger partial charge in [-0.1, -0.05) is 13.0 Å². The van der Waals surface area contributed by atoms with E-state index in [-0.39, 0.29) is 35.2 Å². The molecule has 0 aliphatic heterocycles. The molecular formula is C25H24F4N2O. The minimum absolute atomic E-state index is 0.141. The lowest BCUT2D eigenvalue weighted by atomic mass is 9.73. The van der Waals surface area contributed by atoms with Gasteiger partial charge in [0.1, 0.15) is 5.82 Å². The van der Waals surface area contributed by atoms with Crippen LogP contribution in [0.4, 0.5) is 23.2 Å². The van der Waals surface area contributed by atoms with Crippen molar-refractivity contribution in [3.05, 3.63) is 71.7 Å². The van der Waals surface area contributed by atoms with Gasteiger partial charge in [-0.3, -0.25) is 9.78 Å². The summed E-state index contributed by atoms with van der Waals surface area (Å²) in [5, 5.41) is 3.46. The average molecular weight is 444 g/mol. The Morgan fingerprint density at radius 3 is 2.53 bits per heavy atom. The SMILES string of the molecule is CC(C(=O)Nc1cccc(C(F)(F)F)c1)C1CCC(c2ccnc3ccc(F)cc23)CC1. The van der Waals surface area contributed by atoms with Crippen LogP contribution in [-0.4, -0.2) is 10.9 Å². The Morgan fingerprint density at radius 2 is 1.81 bits per heavy atom. The van der Waals surface area contributed by atoms with Crippen molar-refractivity contribution in [2.45, 2.75) is 44.7 Å². The van der Waals surface area contributed by atoms with Crippen LogP contribution in [-0.2, 0) is 11.0 Å². The van der Waals surface area contributed by atoms with Crippen LogP contribution >= 0.6 is 0 Å². The molecule has 0 bridgehead atoms. The van der Waals surface area contributed by atoms with Crippen LogP contribution in [0.1, 0.15) is 49.7 Å². The van der Waals surface area contributed by atoms with Crippen LogP contribution in [0.15, 0.2) is 54.7 Å². The summed E-state index contributed by atoms with van der Waals surface area (Å²) in [6, 6.07) is 11.2. The van der Waals surface area contributed by atoms with Gasteiger partial charge in [0.2, 0.25) is 5.91 Å². The number of halogens is 4. The van der Waals surface area contributed by atoms with Crippen molar-refractivity contribution < 1.29 is 22.4 Å². The lowest BCUT2D eigenvalue weighted by Gasteiger charge is -2.32. The van der Waals surface area contributed by atoms with Gasteiger partial charge in [-0.2, -0.15) is 13.2 Å². The number of nitrogens with one attached hydrogen (secondary N) is 1. The molecule has 32 heavy (non-hydrogen) atoms. The van der Waals surface area contributed by atoms with E-state index in [2.05, 4.69) is 10.3 Å². The van der Waals surface area contributed by atoms with Crippen LogP contribution in [0.2, 0.25) is 0 Å². The highest BCUT2D eigenvalue weighted by Crippen LogP contribution is 2.41. The fourth-order valence-corrected chi connectivity index (χ4v) is 4.67. The molecule has 4 rings (SSSR count). The summed E-state index contributed by atoms with van der Waals surface area (Å²) >= 11 is 0. The number of anilines is 1. The summed E-state index contributed by atoms with van der Waals surface area (Å²) < 4.78 is 52.5. The minimum Gasteiger partial charge on any atom is -0.326 e. The first-order chi connectivity index (χ1) is 15.2. The predicted molar refractivity (Wildman–Crippen MR) is 116 cm³/mol. The number of rotatable bonds is 4. The van der Waals surface area contributed by atoms with E-state index in [1.807, 2.05) is 13.0 Å². The van der Waals surface area contributed by atoms with Crippen molar-refractivity contribution in [3.63, 3.8) is 0 Å². The third-order valence-electron chi connectivity index (χ3n) is 6.53. The number of hydrogen-bond acceptors (Lipinski definition) is 2. The second-order valence-electron chi connectivity index (χ2n) is 8.53. The molecule has 1 atom stereocenters. The van der Waals surface area contributed by atoms with E-state index in [1.165, 1.54) is 24.3 Å². The molecule has 1 heterocycles. The van der Waals surface area contributed by atoms with E-state index in [9.17, 15) is 22.4 Å². The third-order valence-corrected chi connectivity index (χ3v) is 6.53. The Bertz CT molecular complexity index is 1120. The Morgan fingerprint density at radius 1 is 1.06 bits per heavy atom. The number of amides is 1. The van der Waals surface area contributed by atoms with Crippen LogP contribution in [0.5, 0.6) is 0 Å². The molecule has 0 saturated heterocycles.